The summed E-state index contributed by atoms with van der Waals surface area (Å²) in [7, 11) is 0. The van der Waals surface area contributed by atoms with Crippen LogP contribution >= 0.6 is 11.3 Å². The molecule has 0 spiro atoms. The zero-order chi connectivity index (χ0) is 29.9. The van der Waals surface area contributed by atoms with Gasteiger partial charge >= 0.3 is 0 Å². The second kappa shape index (κ2) is 8.84. The number of benzene rings is 7. The zero-order valence-electron chi connectivity index (χ0n) is 24.4. The summed E-state index contributed by atoms with van der Waals surface area (Å²) in [5, 5.41) is 10.7. The van der Waals surface area contributed by atoms with E-state index >= 15 is 0 Å². The van der Waals surface area contributed by atoms with Gasteiger partial charge in [0.1, 0.15) is 11.2 Å². The Bertz CT molecular complexity index is 3040. The minimum absolute atomic E-state index is 0.898. The molecule has 0 aliphatic rings. The van der Waals surface area contributed by atoms with Gasteiger partial charge in [-0.3, -0.25) is 4.57 Å². The molecule has 0 bridgehead atoms. The van der Waals surface area contributed by atoms with Gasteiger partial charge in [0.25, 0.3) is 0 Å². The Morgan fingerprint density at radius 1 is 0.478 bits per heavy atom. The number of hydrogen-bond donors (Lipinski definition) is 0. The van der Waals surface area contributed by atoms with Crippen molar-refractivity contribution in [1.82, 2.24) is 14.1 Å². The van der Waals surface area contributed by atoms with Crippen LogP contribution in [0.1, 0.15) is 0 Å². The quantitative estimate of drug-likeness (QED) is 0.196. The molecule has 4 aromatic heterocycles. The van der Waals surface area contributed by atoms with Gasteiger partial charge in [0.2, 0.25) is 0 Å². The average Bonchev–Trinajstić information content (AvgIpc) is 3.86. The lowest BCUT2D eigenvalue weighted by Crippen LogP contribution is -1.95. The Kier molecular flexibility index (Phi) is 4.69. The first-order valence-electron chi connectivity index (χ1n) is 15.5. The number of aromatic nitrogens is 3. The number of thiazole rings is 1. The molecule has 0 saturated heterocycles. The lowest BCUT2D eigenvalue weighted by Gasteiger charge is -2.09. The SMILES string of the molecule is c1ccc2c(c1)ccc1c2c2ccccc2n1-c1ccc2c(c1)c1ccccc1n2-c1nc2ccc3oc4ccccc4c3c2s1. The second-order valence-electron chi connectivity index (χ2n) is 12.0. The molecule has 11 aromatic rings. The predicted octanol–water partition coefficient (Wildman–Crippen LogP) is 11.5. The van der Waals surface area contributed by atoms with E-state index in [2.05, 4.69) is 130 Å². The van der Waals surface area contributed by atoms with Gasteiger partial charge in [-0.2, -0.15) is 0 Å². The van der Waals surface area contributed by atoms with Gasteiger partial charge in [-0.15, -0.1) is 0 Å². The maximum absolute atomic E-state index is 6.20. The normalized spacial score (nSPS) is 12.3. The summed E-state index contributed by atoms with van der Waals surface area (Å²) in [4.78, 5) is 5.21. The summed E-state index contributed by atoms with van der Waals surface area (Å²) in [6.45, 7) is 0. The molecule has 0 fully saturated rings. The summed E-state index contributed by atoms with van der Waals surface area (Å²) in [6, 6.07) is 49.9. The number of rotatable bonds is 2. The Balaban J connectivity index is 1.19. The van der Waals surface area contributed by atoms with E-state index in [1.54, 1.807) is 11.3 Å². The number of hydrogen-bond acceptors (Lipinski definition) is 3. The van der Waals surface area contributed by atoms with Crippen molar-refractivity contribution < 1.29 is 4.42 Å². The molecule has 0 aliphatic carbocycles. The van der Waals surface area contributed by atoms with Crippen molar-refractivity contribution in [1.29, 1.82) is 0 Å². The first-order chi connectivity index (χ1) is 22.8. The van der Waals surface area contributed by atoms with Crippen molar-refractivity contribution in [3.8, 4) is 10.8 Å². The van der Waals surface area contributed by atoms with Crippen LogP contribution in [-0.4, -0.2) is 14.1 Å². The average molecular weight is 606 g/mol. The van der Waals surface area contributed by atoms with E-state index in [-0.39, 0.29) is 0 Å². The molecule has 46 heavy (non-hydrogen) atoms. The van der Waals surface area contributed by atoms with Crippen LogP contribution in [0.25, 0.3) is 97.4 Å². The Morgan fingerprint density at radius 2 is 1.17 bits per heavy atom. The maximum atomic E-state index is 6.20. The molecule has 11 rings (SSSR count). The summed E-state index contributed by atoms with van der Waals surface area (Å²) in [5.74, 6) is 0. The molecule has 0 N–H and O–H groups in total. The summed E-state index contributed by atoms with van der Waals surface area (Å²) >= 11 is 1.73. The van der Waals surface area contributed by atoms with E-state index in [1.165, 1.54) is 43.4 Å². The molecular formula is C41H23N3OS. The number of para-hydroxylation sites is 3. The molecule has 0 radical (unpaired) electrons. The molecule has 0 unspecified atom stereocenters. The topological polar surface area (TPSA) is 35.9 Å². The van der Waals surface area contributed by atoms with Crippen LogP contribution in [0.2, 0.25) is 0 Å². The highest BCUT2D eigenvalue weighted by atomic mass is 32.1. The van der Waals surface area contributed by atoms with Crippen LogP contribution in [0.15, 0.2) is 144 Å². The lowest BCUT2D eigenvalue weighted by atomic mass is 10.0. The molecule has 0 amide bonds. The fourth-order valence-electron chi connectivity index (χ4n) is 7.60. The van der Waals surface area contributed by atoms with E-state index in [9.17, 15) is 0 Å². The van der Waals surface area contributed by atoms with E-state index in [0.717, 1.165) is 54.0 Å². The van der Waals surface area contributed by atoms with Crippen LogP contribution < -0.4 is 0 Å². The standard InChI is InChI=1S/C41H23N3OS/c1-2-10-26-24(9-1)17-20-35-38(26)28-12-4-7-15-33(28)43(35)25-18-21-34-30(23-25)27-11-3-6-14-32(27)44(34)41-42-31-19-22-37-39(40(31)46-41)29-13-5-8-16-36(29)45-37/h1-23H. The van der Waals surface area contributed by atoms with Crippen LogP contribution in [0.4, 0.5) is 0 Å². The van der Waals surface area contributed by atoms with Crippen molar-refractivity contribution in [2.24, 2.45) is 0 Å². The Hall–Kier alpha value is -5.91. The van der Waals surface area contributed by atoms with Crippen molar-refractivity contribution in [3.05, 3.63) is 140 Å². The van der Waals surface area contributed by atoms with Crippen molar-refractivity contribution in [3.63, 3.8) is 0 Å². The molecule has 4 nitrogen and oxygen atoms in total. The first kappa shape index (κ1) is 24.4. The van der Waals surface area contributed by atoms with Gasteiger partial charge < -0.3 is 8.98 Å². The van der Waals surface area contributed by atoms with E-state index < -0.39 is 0 Å². The summed E-state index contributed by atoms with van der Waals surface area (Å²) in [5.41, 5.74) is 8.65. The van der Waals surface area contributed by atoms with Crippen molar-refractivity contribution in [2.75, 3.05) is 0 Å². The summed E-state index contributed by atoms with van der Waals surface area (Å²) < 4.78 is 12.1. The molecule has 0 saturated carbocycles. The molecular weight excluding hydrogens is 583 g/mol. The fraction of sp³-hybridized carbons (Fsp3) is 0. The summed E-state index contributed by atoms with van der Waals surface area (Å²) in [6.07, 6.45) is 0. The smallest absolute Gasteiger partial charge is 0.195 e. The highest BCUT2D eigenvalue weighted by Crippen LogP contribution is 2.42. The molecule has 4 heterocycles. The molecule has 7 aromatic carbocycles. The third-order valence-electron chi connectivity index (χ3n) is 9.55. The highest BCUT2D eigenvalue weighted by Gasteiger charge is 2.20. The minimum atomic E-state index is 0.898. The van der Waals surface area contributed by atoms with Crippen LogP contribution in [-0.2, 0) is 0 Å². The van der Waals surface area contributed by atoms with E-state index in [1.807, 2.05) is 18.2 Å². The molecule has 0 aliphatic heterocycles. The third-order valence-corrected chi connectivity index (χ3v) is 10.6. The monoisotopic (exact) mass is 605 g/mol. The van der Waals surface area contributed by atoms with E-state index in [4.69, 9.17) is 9.40 Å². The van der Waals surface area contributed by atoms with Crippen molar-refractivity contribution >= 4 is 97.9 Å². The van der Waals surface area contributed by atoms with Crippen LogP contribution in [0.5, 0.6) is 0 Å². The van der Waals surface area contributed by atoms with Crippen molar-refractivity contribution in [2.45, 2.75) is 0 Å². The van der Waals surface area contributed by atoms with Gasteiger partial charge in [0.05, 0.1) is 32.3 Å². The fourth-order valence-corrected chi connectivity index (χ4v) is 8.75. The molecule has 5 heteroatoms. The van der Waals surface area contributed by atoms with Gasteiger partial charge in [-0.1, -0.05) is 96.3 Å². The zero-order valence-corrected chi connectivity index (χ0v) is 25.3. The maximum Gasteiger partial charge on any atom is 0.195 e. The lowest BCUT2D eigenvalue weighted by molar-refractivity contribution is 0.669. The van der Waals surface area contributed by atoms with Gasteiger partial charge in [0.15, 0.2) is 5.13 Å². The van der Waals surface area contributed by atoms with Crippen LogP contribution in [0, 0.1) is 0 Å². The number of furan rings is 1. The molecule has 0 atom stereocenters. The van der Waals surface area contributed by atoms with Gasteiger partial charge in [0, 0.05) is 38.0 Å². The first-order valence-corrected chi connectivity index (χ1v) is 16.3. The Morgan fingerprint density at radius 3 is 2.07 bits per heavy atom. The third kappa shape index (κ3) is 3.14. The van der Waals surface area contributed by atoms with Gasteiger partial charge in [-0.25, -0.2) is 4.98 Å². The highest BCUT2D eigenvalue weighted by molar-refractivity contribution is 7.22. The Labute approximate surface area is 265 Å². The second-order valence-corrected chi connectivity index (χ2v) is 12.9. The number of nitrogens with zero attached hydrogens (tertiary/aromatic N) is 3. The van der Waals surface area contributed by atoms with Crippen LogP contribution in [0.3, 0.4) is 0 Å². The minimum Gasteiger partial charge on any atom is -0.456 e. The van der Waals surface area contributed by atoms with Gasteiger partial charge in [-0.05, 0) is 65.4 Å². The number of fused-ring (bicyclic) bond motifs is 13. The van der Waals surface area contributed by atoms with E-state index in [0.29, 0.717) is 0 Å². The largest absolute Gasteiger partial charge is 0.456 e. The predicted molar refractivity (Wildman–Crippen MR) is 193 cm³/mol. The molecule has 214 valence electrons.